The minimum absolute atomic E-state index is 0.0528. The van der Waals surface area contributed by atoms with E-state index in [2.05, 4.69) is 0 Å². The third-order valence-corrected chi connectivity index (χ3v) is 2.68. The van der Waals surface area contributed by atoms with Crippen molar-refractivity contribution >= 4 is 23.3 Å². The van der Waals surface area contributed by atoms with Crippen LogP contribution >= 0.6 is 11.8 Å². The molecule has 1 aromatic carbocycles. The summed E-state index contributed by atoms with van der Waals surface area (Å²) in [5.41, 5.74) is 1.66. The van der Waals surface area contributed by atoms with Gasteiger partial charge in [0.2, 0.25) is 0 Å². The van der Waals surface area contributed by atoms with E-state index in [4.69, 9.17) is 0 Å². The highest BCUT2D eigenvalue weighted by atomic mass is 32.2. The summed E-state index contributed by atoms with van der Waals surface area (Å²) in [5.74, 6) is 0.823. The lowest BCUT2D eigenvalue weighted by molar-refractivity contribution is -0.115. The quantitative estimate of drug-likeness (QED) is 0.717. The molecule has 0 aliphatic heterocycles. The van der Waals surface area contributed by atoms with Crippen LogP contribution < -0.4 is 0 Å². The topological polar surface area (TPSA) is 34.1 Å². The van der Waals surface area contributed by atoms with Crippen molar-refractivity contribution in [2.75, 3.05) is 12.0 Å². The van der Waals surface area contributed by atoms with Crippen LogP contribution in [-0.2, 0) is 11.2 Å². The molecule has 1 aromatic rings. The summed E-state index contributed by atoms with van der Waals surface area (Å²) in [7, 11) is 0. The molecule has 0 saturated heterocycles. The van der Waals surface area contributed by atoms with E-state index in [1.54, 1.807) is 12.1 Å². The Kier molecular flexibility index (Phi) is 4.56. The van der Waals surface area contributed by atoms with E-state index in [0.717, 1.165) is 5.56 Å². The fraction of sp³-hybridized carbons (Fsp3) is 0.333. The van der Waals surface area contributed by atoms with Gasteiger partial charge in [-0.1, -0.05) is 24.3 Å². The Morgan fingerprint density at radius 1 is 1.20 bits per heavy atom. The van der Waals surface area contributed by atoms with Gasteiger partial charge in [-0.15, -0.1) is 0 Å². The number of carbonyl (C=O) groups excluding carboxylic acids is 2. The van der Waals surface area contributed by atoms with Crippen LogP contribution in [-0.4, -0.2) is 23.6 Å². The molecule has 0 bridgehead atoms. The molecule has 0 aromatic heterocycles. The van der Waals surface area contributed by atoms with Gasteiger partial charge in [-0.2, -0.15) is 11.8 Å². The maximum atomic E-state index is 11.3. The Labute approximate surface area is 94.1 Å². The van der Waals surface area contributed by atoms with Crippen LogP contribution in [0.5, 0.6) is 0 Å². The highest BCUT2D eigenvalue weighted by Crippen LogP contribution is 2.07. The number of hydrogen-bond acceptors (Lipinski definition) is 3. The monoisotopic (exact) mass is 222 g/mol. The highest BCUT2D eigenvalue weighted by Gasteiger charge is 2.03. The van der Waals surface area contributed by atoms with Crippen molar-refractivity contribution in [3.05, 3.63) is 35.4 Å². The van der Waals surface area contributed by atoms with Gasteiger partial charge in [-0.05, 0) is 18.7 Å². The van der Waals surface area contributed by atoms with Gasteiger partial charge in [0, 0.05) is 12.0 Å². The average Bonchev–Trinajstić information content (AvgIpc) is 2.18. The van der Waals surface area contributed by atoms with Crippen LogP contribution in [0.4, 0.5) is 0 Å². The zero-order valence-electron chi connectivity index (χ0n) is 8.95. The first kappa shape index (κ1) is 12.0. The third-order valence-electron chi connectivity index (χ3n) is 2.07. The summed E-state index contributed by atoms with van der Waals surface area (Å²) in [6.07, 6.45) is 2.37. The summed E-state index contributed by atoms with van der Waals surface area (Å²) >= 11 is 1.53. The van der Waals surface area contributed by atoms with Crippen molar-refractivity contribution < 1.29 is 9.59 Å². The fourth-order valence-corrected chi connectivity index (χ4v) is 1.72. The van der Waals surface area contributed by atoms with Gasteiger partial charge in [-0.25, -0.2) is 0 Å². The Bertz CT molecular complexity index is 354. The lowest BCUT2D eigenvalue weighted by atomic mass is 10.1. The summed E-state index contributed by atoms with van der Waals surface area (Å²) < 4.78 is 0. The molecule has 0 radical (unpaired) electrons. The van der Waals surface area contributed by atoms with Gasteiger partial charge in [0.15, 0.2) is 5.78 Å². The second kappa shape index (κ2) is 5.71. The number of carbonyl (C=O) groups is 2. The number of rotatable bonds is 5. The molecule has 0 aliphatic carbocycles. The molecule has 0 atom stereocenters. The smallest absolute Gasteiger partial charge is 0.159 e. The number of thioether (sulfide) groups is 1. The van der Waals surface area contributed by atoms with Crippen LogP contribution in [0, 0.1) is 0 Å². The van der Waals surface area contributed by atoms with Crippen molar-refractivity contribution in [1.29, 1.82) is 0 Å². The summed E-state index contributed by atoms with van der Waals surface area (Å²) in [5, 5.41) is 0. The molecule has 0 N–H and O–H groups in total. The first-order valence-corrected chi connectivity index (χ1v) is 6.13. The second-order valence-corrected chi connectivity index (χ2v) is 4.27. The molecule has 15 heavy (non-hydrogen) atoms. The van der Waals surface area contributed by atoms with Crippen LogP contribution in [0.1, 0.15) is 22.8 Å². The minimum Gasteiger partial charge on any atom is -0.298 e. The third kappa shape index (κ3) is 3.88. The molecule has 0 amide bonds. The Balaban J connectivity index is 2.64. The zero-order valence-corrected chi connectivity index (χ0v) is 9.76. The first-order chi connectivity index (χ1) is 7.13. The maximum Gasteiger partial charge on any atom is 0.159 e. The van der Waals surface area contributed by atoms with E-state index in [0.29, 0.717) is 17.7 Å². The lowest BCUT2D eigenvalue weighted by Crippen LogP contribution is -2.05. The standard InChI is InChI=1S/C12H14O2S/c1-9(13)11-5-3-10(4-6-11)7-12(14)8-15-2/h3-6H,7-8H2,1-2H3. The highest BCUT2D eigenvalue weighted by molar-refractivity contribution is 7.99. The van der Waals surface area contributed by atoms with E-state index >= 15 is 0 Å². The van der Waals surface area contributed by atoms with Gasteiger partial charge in [-0.3, -0.25) is 9.59 Å². The van der Waals surface area contributed by atoms with E-state index in [-0.39, 0.29) is 11.6 Å². The van der Waals surface area contributed by atoms with Crippen LogP contribution in [0.2, 0.25) is 0 Å². The van der Waals surface area contributed by atoms with Crippen molar-refractivity contribution in [1.82, 2.24) is 0 Å². The SMILES string of the molecule is CSCC(=O)Cc1ccc(C(C)=O)cc1. The lowest BCUT2D eigenvalue weighted by Gasteiger charge is -2.01. The Hall–Kier alpha value is -1.09. The number of ketones is 2. The molecular formula is C12H14O2S. The predicted molar refractivity (Wildman–Crippen MR) is 63.5 cm³/mol. The molecule has 0 aliphatic rings. The van der Waals surface area contributed by atoms with Gasteiger partial charge in [0.25, 0.3) is 0 Å². The van der Waals surface area contributed by atoms with Crippen molar-refractivity contribution in [3.63, 3.8) is 0 Å². The molecule has 1 rings (SSSR count). The average molecular weight is 222 g/mol. The van der Waals surface area contributed by atoms with Crippen LogP contribution in [0.15, 0.2) is 24.3 Å². The maximum absolute atomic E-state index is 11.3. The minimum atomic E-state index is 0.0528. The summed E-state index contributed by atoms with van der Waals surface area (Å²) in [6, 6.07) is 7.22. The molecule has 2 nitrogen and oxygen atoms in total. The predicted octanol–water partition coefficient (Wildman–Crippen LogP) is 2.36. The molecule has 0 saturated carbocycles. The molecule has 80 valence electrons. The Morgan fingerprint density at radius 3 is 2.27 bits per heavy atom. The second-order valence-electron chi connectivity index (χ2n) is 3.40. The molecule has 3 heteroatoms. The number of benzene rings is 1. The number of Topliss-reactive ketones (excluding diaryl/α,β-unsaturated/α-hetero) is 2. The van der Waals surface area contributed by atoms with E-state index in [1.165, 1.54) is 18.7 Å². The molecule has 0 heterocycles. The fourth-order valence-electron chi connectivity index (χ4n) is 1.30. The normalized spacial score (nSPS) is 10.0. The number of hydrogen-bond donors (Lipinski definition) is 0. The van der Waals surface area contributed by atoms with Gasteiger partial charge in [0.05, 0.1) is 5.75 Å². The van der Waals surface area contributed by atoms with Gasteiger partial charge in [0.1, 0.15) is 5.78 Å². The molecular weight excluding hydrogens is 208 g/mol. The first-order valence-electron chi connectivity index (χ1n) is 4.74. The van der Waals surface area contributed by atoms with E-state index < -0.39 is 0 Å². The van der Waals surface area contributed by atoms with Crippen LogP contribution in [0.3, 0.4) is 0 Å². The molecule has 0 spiro atoms. The zero-order chi connectivity index (χ0) is 11.3. The summed E-state index contributed by atoms with van der Waals surface area (Å²) in [4.78, 5) is 22.4. The van der Waals surface area contributed by atoms with Crippen molar-refractivity contribution in [2.45, 2.75) is 13.3 Å². The van der Waals surface area contributed by atoms with Crippen molar-refractivity contribution in [2.24, 2.45) is 0 Å². The Morgan fingerprint density at radius 2 is 1.80 bits per heavy atom. The van der Waals surface area contributed by atoms with E-state index in [1.807, 2.05) is 18.4 Å². The van der Waals surface area contributed by atoms with Gasteiger partial charge < -0.3 is 0 Å². The van der Waals surface area contributed by atoms with Gasteiger partial charge >= 0.3 is 0 Å². The summed E-state index contributed by atoms with van der Waals surface area (Å²) in [6.45, 7) is 1.54. The van der Waals surface area contributed by atoms with Crippen LogP contribution in [0.25, 0.3) is 0 Å². The molecule has 0 unspecified atom stereocenters. The van der Waals surface area contributed by atoms with E-state index in [9.17, 15) is 9.59 Å². The molecule has 0 fully saturated rings. The largest absolute Gasteiger partial charge is 0.298 e. The van der Waals surface area contributed by atoms with Crippen molar-refractivity contribution in [3.8, 4) is 0 Å².